The number of aliphatic carboxylic acids is 1. The number of nitrogens with one attached hydrogen (secondary N) is 1. The Morgan fingerprint density at radius 1 is 0.611 bits per heavy atom. The van der Waals surface area contributed by atoms with Crippen LogP contribution in [0.5, 0.6) is 46.0 Å². The van der Waals surface area contributed by atoms with Crippen molar-refractivity contribution < 1.29 is 82.3 Å². The highest BCUT2D eigenvalue weighted by Gasteiger charge is 2.14. The van der Waals surface area contributed by atoms with Crippen molar-refractivity contribution in [1.29, 1.82) is 0 Å². The van der Waals surface area contributed by atoms with E-state index in [2.05, 4.69) is 35.4 Å². The van der Waals surface area contributed by atoms with Gasteiger partial charge in [-0.2, -0.15) is 38.1 Å². The van der Waals surface area contributed by atoms with E-state index in [1.54, 1.807) is 48.6 Å². The molecule has 0 radical (unpaired) electrons. The van der Waals surface area contributed by atoms with E-state index < -0.39 is 38.1 Å². The molecule has 0 aliphatic rings. The third-order valence-electron chi connectivity index (χ3n) is 8.16. The zero-order valence-electron chi connectivity index (χ0n) is 38.8. The van der Waals surface area contributed by atoms with E-state index in [4.69, 9.17) is 53.4 Å². The van der Waals surface area contributed by atoms with Crippen LogP contribution in [0.25, 0.3) is 36.5 Å². The zero-order chi connectivity index (χ0) is 53.9. The van der Waals surface area contributed by atoms with Crippen LogP contribution in [0, 0.1) is 0 Å². The van der Waals surface area contributed by atoms with Crippen LogP contribution < -0.4 is 59.4 Å². The first-order valence-corrected chi connectivity index (χ1v) is 23.3. The number of carboxylic acids is 1. The van der Waals surface area contributed by atoms with Gasteiger partial charge in [-0.3, -0.25) is 31.2 Å². The maximum atomic E-state index is 12.0. The van der Waals surface area contributed by atoms with Gasteiger partial charge in [-0.25, -0.2) is 0 Å². The average Bonchev–Trinajstić information content (AvgIpc) is 3.80. The molecule has 0 atom stereocenters. The fourth-order valence-corrected chi connectivity index (χ4v) is 6.29. The number of benzene rings is 4. The highest BCUT2D eigenvalue weighted by Crippen LogP contribution is 2.33. The third-order valence-corrected chi connectivity index (χ3v) is 9.37. The number of nitrogens with two attached hydrogens (primary N) is 5. The summed E-state index contributed by atoms with van der Waals surface area (Å²) in [7, 11) is -2.72. The van der Waals surface area contributed by atoms with Crippen LogP contribution in [0.1, 0.15) is 47.0 Å². The molecule has 25 nitrogen and oxygen atoms in total. The second-order valence-corrected chi connectivity index (χ2v) is 16.1. The number of ether oxygens (including phenoxy) is 4. The number of aromatic hydroxyl groups is 1. The number of rotatable bonds is 22. The van der Waals surface area contributed by atoms with Crippen molar-refractivity contribution in [3.05, 3.63) is 125 Å². The maximum absolute atomic E-state index is 12.0. The van der Waals surface area contributed by atoms with E-state index >= 15 is 0 Å². The quantitative estimate of drug-likeness (QED) is 0.00912. The summed E-state index contributed by atoms with van der Waals surface area (Å²) in [6, 6.07) is 20.7. The summed E-state index contributed by atoms with van der Waals surface area (Å²) in [6.07, 6.45) is 12.4. The van der Waals surface area contributed by atoms with Crippen molar-refractivity contribution in [1.82, 2.24) is 10.2 Å². The van der Waals surface area contributed by atoms with E-state index in [0.717, 1.165) is 23.7 Å². The van der Waals surface area contributed by atoms with Crippen LogP contribution in [-0.2, 0) is 44.3 Å². The molecule has 1 heterocycles. The predicted molar refractivity (Wildman–Crippen MR) is 267 cm³/mol. The number of hydrazine groups is 1. The lowest BCUT2D eigenvalue weighted by Gasteiger charge is -2.08. The van der Waals surface area contributed by atoms with Gasteiger partial charge in [-0.15, -0.1) is 9.32 Å². The van der Waals surface area contributed by atoms with Crippen molar-refractivity contribution in [2.24, 2.45) is 27.9 Å². The minimum Gasteiger partial charge on any atom is -0.504 e. The molecular weight excluding hydrogens is 1010 g/mol. The summed E-state index contributed by atoms with van der Waals surface area (Å²) in [5, 5.41) is 33.9. The highest BCUT2D eigenvalue weighted by molar-refractivity contribution is 7.90. The molecule has 72 heavy (non-hydrogen) atoms. The average molecular weight is 1060 g/mol. The van der Waals surface area contributed by atoms with Crippen molar-refractivity contribution >= 4 is 86.9 Å². The summed E-state index contributed by atoms with van der Waals surface area (Å²) < 4.78 is 83.9. The molecule has 0 unspecified atom stereocenters. The Bertz CT molecular complexity index is 2940. The van der Waals surface area contributed by atoms with E-state index in [1.165, 1.54) is 83.1 Å². The molecule has 0 saturated carbocycles. The molecule has 1 aromatic heterocycles. The van der Waals surface area contributed by atoms with Gasteiger partial charge < -0.3 is 41.7 Å². The Balaban J connectivity index is 0.000000447. The van der Waals surface area contributed by atoms with Gasteiger partial charge in [0.15, 0.2) is 57.6 Å². The fraction of sp³-hybridized carbons (Fsp3) is 0.136. The Morgan fingerprint density at radius 2 is 1.01 bits per heavy atom. The Kier molecular flexibility index (Phi) is 25.8. The van der Waals surface area contributed by atoms with Gasteiger partial charge >= 0.3 is 20.6 Å². The first-order chi connectivity index (χ1) is 34.1. The van der Waals surface area contributed by atoms with Crippen LogP contribution >= 0.6 is 12.3 Å². The second kappa shape index (κ2) is 30.8. The van der Waals surface area contributed by atoms with Gasteiger partial charge in [0.1, 0.15) is 0 Å². The highest BCUT2D eigenvalue weighted by atomic mass is 32.2. The van der Waals surface area contributed by atoms with E-state index in [9.17, 15) is 31.5 Å². The summed E-state index contributed by atoms with van der Waals surface area (Å²) in [5.74, 6) is 12.5. The molecule has 5 rings (SSSR count). The molecular formula is C44H51N7O18S3. The number of nitrogens with zero attached hydrogens (tertiary/aromatic N) is 1. The standard InChI is InChI=1S/C21H22N4O8S2.C21H21NO8S.C2H4O2.H4N2/c1-28-20-11-14(5-9-18(20)30-34-33-32-22)3-7-16-13-17(25-24-16)8-4-15-6-10-19(21(12-15)29-2)31-35(23,26)27;1-28-20-11-14(5-9-18(20)25)3-7-16(23)13-17(24)8-4-15-6-10-19(21(12-15)29-2)30-31(22,26)27;1-2(3)4;1-2/h3-13H,22H2,1-2H3,(H,24,25)(H2,23,26,27);3-12,25H,13H2,1-2H3,(H2,22,26,27);1H3,(H,3,4);1-2H2/b2*7-3+,8-4+;;. The number of hydrogen-bond donors (Lipinski definition) is 8. The number of hydrogen-bond acceptors (Lipinski definition) is 22. The molecule has 388 valence electrons. The number of carbonyl (C=O) groups excluding carboxylic acids is 2. The number of phenols is 1. The summed E-state index contributed by atoms with van der Waals surface area (Å²) in [4.78, 5) is 37.0. The molecule has 0 spiro atoms. The Morgan fingerprint density at radius 3 is 1.46 bits per heavy atom. The number of allylic oxidation sites excluding steroid dienone is 2. The Hall–Kier alpha value is -7.77. The summed E-state index contributed by atoms with van der Waals surface area (Å²) in [6.45, 7) is 1.08. The lowest BCUT2D eigenvalue weighted by molar-refractivity contribution is -0.199. The van der Waals surface area contributed by atoms with Gasteiger partial charge in [-0.05, 0) is 101 Å². The number of methoxy groups -OCH3 is 4. The Labute approximate surface area is 418 Å². The van der Waals surface area contributed by atoms with Crippen LogP contribution in [0.3, 0.4) is 0 Å². The molecule has 0 aliphatic carbocycles. The monoisotopic (exact) mass is 1060 g/mol. The number of carbonyl (C=O) groups is 3. The second-order valence-electron chi connectivity index (χ2n) is 13.3. The number of aromatic amines is 1. The summed E-state index contributed by atoms with van der Waals surface area (Å²) in [5.41, 5.74) is 4.18. The topological polar surface area (TPSA) is 402 Å². The van der Waals surface area contributed by atoms with Crippen LogP contribution in [0.2, 0.25) is 0 Å². The van der Waals surface area contributed by atoms with Gasteiger partial charge in [0.05, 0.1) is 46.2 Å². The number of phenolic OH excluding ortho intramolecular Hbond substituents is 1. The van der Waals surface area contributed by atoms with Crippen molar-refractivity contribution in [2.75, 3.05) is 28.4 Å². The van der Waals surface area contributed by atoms with Crippen molar-refractivity contribution in [3.63, 3.8) is 0 Å². The minimum absolute atomic E-state index is 0.00719. The lowest BCUT2D eigenvalue weighted by atomic mass is 10.1. The molecule has 4 aromatic carbocycles. The molecule has 0 fully saturated rings. The van der Waals surface area contributed by atoms with Crippen LogP contribution in [-0.4, -0.2) is 83.2 Å². The number of aromatic nitrogens is 2. The number of H-pyrrole nitrogens is 1. The molecule has 0 aliphatic heterocycles. The van der Waals surface area contributed by atoms with Crippen LogP contribution in [0.15, 0.2) is 91.0 Å². The lowest BCUT2D eigenvalue weighted by Crippen LogP contribution is -2.19. The first kappa shape index (κ1) is 60.4. The molecule has 5 aromatic rings. The molecule has 0 saturated heterocycles. The fourth-order valence-electron chi connectivity index (χ4n) is 5.24. The van der Waals surface area contributed by atoms with E-state index in [-0.39, 0.29) is 40.9 Å². The molecule has 0 bridgehead atoms. The smallest absolute Gasteiger partial charge is 0.380 e. The largest absolute Gasteiger partial charge is 0.504 e. The van der Waals surface area contributed by atoms with E-state index in [0.29, 0.717) is 40.6 Å². The van der Waals surface area contributed by atoms with Crippen LogP contribution in [0.4, 0.5) is 0 Å². The molecule has 28 heteroatoms. The summed E-state index contributed by atoms with van der Waals surface area (Å²) >= 11 is 0.555. The maximum Gasteiger partial charge on any atom is 0.380 e. The van der Waals surface area contributed by atoms with Gasteiger partial charge in [0.25, 0.3) is 18.3 Å². The normalized spacial score (nSPS) is 11.1. The van der Waals surface area contributed by atoms with Gasteiger partial charge in [-0.1, -0.05) is 48.6 Å². The minimum atomic E-state index is -4.21. The van der Waals surface area contributed by atoms with E-state index in [1.807, 2.05) is 24.3 Å². The van der Waals surface area contributed by atoms with Crippen molar-refractivity contribution in [3.8, 4) is 46.0 Å². The van der Waals surface area contributed by atoms with Crippen molar-refractivity contribution in [2.45, 2.75) is 13.3 Å². The molecule has 13 N–H and O–H groups in total. The predicted octanol–water partition coefficient (Wildman–Crippen LogP) is 4.27. The number of carboxylic acid groups (broad SMARTS) is 1. The van der Waals surface area contributed by atoms with Gasteiger partial charge in [0.2, 0.25) is 0 Å². The third kappa shape index (κ3) is 23.2. The SMILES string of the molecule is CC(=O)O.COc1cc(/C=C/C(=O)CC(=O)/C=C/c2ccc(OS(N)(=O)=O)c(OC)c2)ccc1O.COc1cc(/C=C/c2cc(/C=C/c3ccc(OS(N)(=O)=O)c(OC)c3)n[nH]2)ccc1OSOON.NN. The molecule has 0 amide bonds. The van der Waals surface area contributed by atoms with Gasteiger partial charge in [0, 0.05) is 6.92 Å². The first-order valence-electron chi connectivity index (χ1n) is 19.7. The zero-order valence-corrected chi connectivity index (χ0v) is 41.3. The number of ketones is 2.